The molecule has 0 bridgehead atoms. The molecule has 8 atom stereocenters. The third kappa shape index (κ3) is 1.78. The number of alkyl halides is 1. The Morgan fingerprint density at radius 1 is 1.14 bits per heavy atom. The fraction of sp³-hybridized carbons (Fsp3) is 0.895. The molecule has 0 radical (unpaired) electrons. The highest BCUT2D eigenvalue weighted by Crippen LogP contribution is 2.65. The smallest absolute Gasteiger partial charge is 0.127 e. The lowest BCUT2D eigenvalue weighted by molar-refractivity contribution is -0.0776. The molecule has 2 nitrogen and oxygen atoms in total. The van der Waals surface area contributed by atoms with E-state index in [2.05, 4.69) is 19.9 Å². The number of halogens is 1. The normalized spacial score (nSPS) is 57.6. The predicted molar refractivity (Wildman–Crippen MR) is 84.0 cm³/mol. The summed E-state index contributed by atoms with van der Waals surface area (Å²) in [5.74, 6) is 1.33. The Kier molecular flexibility index (Phi) is 3.30. The van der Waals surface area contributed by atoms with Gasteiger partial charge < -0.3 is 10.2 Å². The van der Waals surface area contributed by atoms with Crippen LogP contribution < -0.4 is 0 Å². The lowest BCUT2D eigenvalue weighted by Crippen LogP contribution is -2.52. The number of hydrogen-bond donors (Lipinski definition) is 2. The number of aliphatic hydroxyl groups excluding tert-OH is 2. The second kappa shape index (κ2) is 4.80. The molecule has 3 fully saturated rings. The van der Waals surface area contributed by atoms with E-state index >= 15 is 0 Å². The second-order valence-corrected chi connectivity index (χ2v) is 8.84. The molecule has 0 aromatic rings. The molecule has 124 valence electrons. The fourth-order valence-corrected chi connectivity index (χ4v) is 6.73. The zero-order valence-corrected chi connectivity index (χ0v) is 13.8. The van der Waals surface area contributed by atoms with Crippen molar-refractivity contribution in [3.63, 3.8) is 0 Å². The molecule has 0 aliphatic heterocycles. The topological polar surface area (TPSA) is 40.5 Å². The lowest BCUT2D eigenvalue weighted by atomic mass is 9.48. The highest BCUT2D eigenvalue weighted by Gasteiger charge is 2.61. The van der Waals surface area contributed by atoms with Gasteiger partial charge in [-0.15, -0.1) is 0 Å². The number of hydrogen-bond acceptors (Lipinski definition) is 2. The van der Waals surface area contributed by atoms with Crippen LogP contribution in [0.3, 0.4) is 0 Å². The van der Waals surface area contributed by atoms with Crippen LogP contribution in [0.2, 0.25) is 0 Å². The van der Waals surface area contributed by atoms with E-state index in [4.69, 9.17) is 0 Å². The van der Waals surface area contributed by atoms with Crippen molar-refractivity contribution in [3.8, 4) is 0 Å². The van der Waals surface area contributed by atoms with Gasteiger partial charge in [0.15, 0.2) is 0 Å². The summed E-state index contributed by atoms with van der Waals surface area (Å²) in [6.45, 7) is 4.44. The van der Waals surface area contributed by atoms with Crippen LogP contribution in [-0.4, -0.2) is 28.6 Å². The molecule has 4 aliphatic carbocycles. The van der Waals surface area contributed by atoms with E-state index in [1.807, 2.05) is 0 Å². The van der Waals surface area contributed by atoms with Gasteiger partial charge in [-0.25, -0.2) is 4.39 Å². The largest absolute Gasteiger partial charge is 0.390 e. The van der Waals surface area contributed by atoms with E-state index in [0.29, 0.717) is 24.2 Å². The summed E-state index contributed by atoms with van der Waals surface area (Å²) in [5, 5.41) is 20.8. The van der Waals surface area contributed by atoms with Crippen molar-refractivity contribution in [1.82, 2.24) is 0 Å². The summed E-state index contributed by atoms with van der Waals surface area (Å²) in [7, 11) is 0. The molecule has 22 heavy (non-hydrogen) atoms. The van der Waals surface area contributed by atoms with Crippen molar-refractivity contribution in [1.29, 1.82) is 0 Å². The van der Waals surface area contributed by atoms with E-state index in [0.717, 1.165) is 38.5 Å². The highest BCUT2D eigenvalue weighted by molar-refractivity contribution is 5.27. The maximum absolute atomic E-state index is 14.2. The Bertz CT molecular complexity index is 504. The lowest BCUT2D eigenvalue weighted by Gasteiger charge is -2.57. The first-order valence-electron chi connectivity index (χ1n) is 9.08. The summed E-state index contributed by atoms with van der Waals surface area (Å²) in [6, 6.07) is 0. The Labute approximate surface area is 132 Å². The van der Waals surface area contributed by atoms with Gasteiger partial charge in [0.1, 0.15) is 6.17 Å². The molecule has 0 aromatic carbocycles. The number of fused-ring (bicyclic) bond motifs is 5. The number of aliphatic hydroxyl groups is 2. The molecule has 3 heteroatoms. The van der Waals surface area contributed by atoms with Crippen molar-refractivity contribution >= 4 is 0 Å². The van der Waals surface area contributed by atoms with Crippen LogP contribution in [-0.2, 0) is 0 Å². The molecule has 0 spiro atoms. The van der Waals surface area contributed by atoms with E-state index in [9.17, 15) is 14.6 Å². The molecule has 0 saturated heterocycles. The molecule has 3 saturated carbocycles. The van der Waals surface area contributed by atoms with Gasteiger partial charge in [-0.05, 0) is 79.1 Å². The Balaban J connectivity index is 1.71. The summed E-state index contributed by atoms with van der Waals surface area (Å²) >= 11 is 0. The quantitative estimate of drug-likeness (QED) is 0.671. The third-order valence-corrected chi connectivity index (χ3v) is 7.99. The molecule has 4 rings (SSSR count). The van der Waals surface area contributed by atoms with Crippen LogP contribution in [0, 0.1) is 28.6 Å². The van der Waals surface area contributed by atoms with E-state index in [-0.39, 0.29) is 16.9 Å². The van der Waals surface area contributed by atoms with Gasteiger partial charge in [-0.3, -0.25) is 0 Å². The molecular weight excluding hydrogens is 279 g/mol. The Morgan fingerprint density at radius 2 is 1.91 bits per heavy atom. The van der Waals surface area contributed by atoms with Crippen molar-refractivity contribution in [2.75, 3.05) is 0 Å². The molecule has 2 N–H and O–H groups in total. The van der Waals surface area contributed by atoms with E-state index in [1.54, 1.807) is 0 Å². The van der Waals surface area contributed by atoms with E-state index < -0.39 is 12.3 Å². The minimum atomic E-state index is -1.05. The first-order valence-corrected chi connectivity index (χ1v) is 9.08. The van der Waals surface area contributed by atoms with Crippen LogP contribution in [0.15, 0.2) is 11.6 Å². The van der Waals surface area contributed by atoms with Crippen molar-refractivity contribution in [2.45, 2.75) is 77.2 Å². The highest BCUT2D eigenvalue weighted by atomic mass is 19.1. The minimum absolute atomic E-state index is 0.0985. The Morgan fingerprint density at radius 3 is 2.68 bits per heavy atom. The van der Waals surface area contributed by atoms with Crippen LogP contribution >= 0.6 is 0 Å². The van der Waals surface area contributed by atoms with Gasteiger partial charge >= 0.3 is 0 Å². The zero-order chi connectivity index (χ0) is 15.7. The van der Waals surface area contributed by atoms with Gasteiger partial charge in [0, 0.05) is 0 Å². The van der Waals surface area contributed by atoms with Gasteiger partial charge in [0.25, 0.3) is 0 Å². The molecule has 0 amide bonds. The SMILES string of the molecule is C[C@]12CC[C@H]3[C@@H](CC=C4[C@H](O)CCC[C@@]43C)[C@@H]1C[C@@H](F)[C@@H]2O. The summed E-state index contributed by atoms with van der Waals surface area (Å²) in [6.07, 6.45) is 6.80. The monoisotopic (exact) mass is 308 g/mol. The minimum Gasteiger partial charge on any atom is -0.390 e. The van der Waals surface area contributed by atoms with Crippen molar-refractivity contribution < 1.29 is 14.6 Å². The first-order chi connectivity index (χ1) is 10.4. The Hall–Kier alpha value is -0.410. The molecular formula is C19H29FO2. The molecule has 0 unspecified atom stereocenters. The summed E-state index contributed by atoms with van der Waals surface area (Å²) < 4.78 is 14.2. The molecule has 0 aromatic heterocycles. The van der Waals surface area contributed by atoms with Crippen LogP contribution in [0.1, 0.15) is 58.8 Å². The van der Waals surface area contributed by atoms with Crippen LogP contribution in [0.25, 0.3) is 0 Å². The zero-order valence-electron chi connectivity index (χ0n) is 13.8. The standard InChI is InChI=1S/C19H29FO2/c1-18-8-3-4-16(21)13(18)6-5-11-12(18)7-9-19(2)14(11)10-15(20)17(19)22/h6,11-12,14-17,21-22H,3-5,7-10H2,1-2H3/t11-,12+,14+,15-,16-,17+,18-,19+/m1/s1. The summed E-state index contributed by atoms with van der Waals surface area (Å²) in [5.41, 5.74) is 1.12. The third-order valence-electron chi connectivity index (χ3n) is 7.99. The van der Waals surface area contributed by atoms with Gasteiger partial charge in [0.2, 0.25) is 0 Å². The second-order valence-electron chi connectivity index (χ2n) is 8.84. The number of rotatable bonds is 0. The van der Waals surface area contributed by atoms with E-state index in [1.165, 1.54) is 5.57 Å². The number of allylic oxidation sites excluding steroid dienone is 1. The molecule has 4 aliphatic rings. The first kappa shape index (κ1) is 15.1. The van der Waals surface area contributed by atoms with Crippen LogP contribution in [0.4, 0.5) is 4.39 Å². The van der Waals surface area contributed by atoms with Gasteiger partial charge in [0.05, 0.1) is 12.2 Å². The maximum atomic E-state index is 14.2. The predicted octanol–water partition coefficient (Wildman–Crippen LogP) is 3.62. The van der Waals surface area contributed by atoms with Crippen LogP contribution in [0.5, 0.6) is 0 Å². The van der Waals surface area contributed by atoms with Gasteiger partial charge in [-0.2, -0.15) is 0 Å². The van der Waals surface area contributed by atoms with Crippen molar-refractivity contribution in [3.05, 3.63) is 11.6 Å². The average molecular weight is 308 g/mol. The summed E-state index contributed by atoms with van der Waals surface area (Å²) in [4.78, 5) is 0. The maximum Gasteiger partial charge on any atom is 0.127 e. The van der Waals surface area contributed by atoms with Gasteiger partial charge in [-0.1, -0.05) is 19.9 Å². The average Bonchev–Trinajstić information content (AvgIpc) is 2.71. The van der Waals surface area contributed by atoms with Crippen molar-refractivity contribution in [2.24, 2.45) is 28.6 Å². The fourth-order valence-electron chi connectivity index (χ4n) is 6.73. The molecule has 0 heterocycles.